The van der Waals surface area contributed by atoms with Crippen LogP contribution in [-0.4, -0.2) is 19.5 Å². The van der Waals surface area contributed by atoms with Crippen LogP contribution in [0.3, 0.4) is 0 Å². The highest BCUT2D eigenvalue weighted by Gasteiger charge is 2.23. The van der Waals surface area contributed by atoms with Crippen LogP contribution in [0.4, 0.5) is 4.39 Å². The molecule has 1 aromatic rings. The molecule has 0 bridgehead atoms. The summed E-state index contributed by atoms with van der Waals surface area (Å²) in [5.74, 6) is -2.82. The molecule has 1 N–H and O–H groups in total. The van der Waals surface area contributed by atoms with E-state index in [1.165, 1.54) is 0 Å². The normalized spacial score (nSPS) is 11.8. The second-order valence-corrected chi connectivity index (χ2v) is 6.30. The van der Waals surface area contributed by atoms with Gasteiger partial charge in [-0.1, -0.05) is 13.8 Å². The van der Waals surface area contributed by atoms with Crippen molar-refractivity contribution in [1.82, 2.24) is 0 Å². The number of aromatic carboxylic acids is 1. The average molecular weight is 281 g/mol. The average Bonchev–Trinajstić information content (AvgIpc) is 2.14. The fraction of sp³-hybridized carbons (Fsp3) is 0.300. The first kappa shape index (κ1) is 13.9. The van der Waals surface area contributed by atoms with Crippen molar-refractivity contribution in [3.8, 4) is 0 Å². The summed E-state index contributed by atoms with van der Waals surface area (Å²) in [6, 6.07) is 1.64. The molecule has 0 saturated heterocycles. The van der Waals surface area contributed by atoms with Gasteiger partial charge in [-0.15, -0.1) is 0 Å². The lowest BCUT2D eigenvalue weighted by Gasteiger charge is -2.11. The second kappa shape index (κ2) is 4.62. The summed E-state index contributed by atoms with van der Waals surface area (Å²) in [6.07, 6.45) is 0. The maximum Gasteiger partial charge on any atom is 0.338 e. The summed E-state index contributed by atoms with van der Waals surface area (Å²) < 4.78 is 36.0. The van der Waals surface area contributed by atoms with E-state index in [9.17, 15) is 17.6 Å². The highest BCUT2D eigenvalue weighted by atomic mass is 35.7. The predicted octanol–water partition coefficient (Wildman–Crippen LogP) is 2.57. The van der Waals surface area contributed by atoms with Crippen LogP contribution >= 0.6 is 10.7 Å². The largest absolute Gasteiger partial charge is 0.478 e. The summed E-state index contributed by atoms with van der Waals surface area (Å²) in [6.45, 7) is 3.31. The van der Waals surface area contributed by atoms with Crippen molar-refractivity contribution in [3.05, 3.63) is 29.1 Å². The van der Waals surface area contributed by atoms with E-state index in [0.717, 1.165) is 12.1 Å². The van der Waals surface area contributed by atoms with Crippen molar-refractivity contribution in [3.63, 3.8) is 0 Å². The van der Waals surface area contributed by atoms with Crippen LogP contribution < -0.4 is 0 Å². The Kier molecular flexibility index (Phi) is 3.78. The van der Waals surface area contributed by atoms with Gasteiger partial charge in [0.25, 0.3) is 9.05 Å². The summed E-state index contributed by atoms with van der Waals surface area (Å²) in [5, 5.41) is 8.71. The van der Waals surface area contributed by atoms with Gasteiger partial charge in [0.05, 0.1) is 10.5 Å². The van der Waals surface area contributed by atoms with E-state index in [-0.39, 0.29) is 16.4 Å². The van der Waals surface area contributed by atoms with E-state index in [0.29, 0.717) is 0 Å². The van der Waals surface area contributed by atoms with Gasteiger partial charge in [0.1, 0.15) is 5.82 Å². The van der Waals surface area contributed by atoms with E-state index < -0.39 is 26.4 Å². The molecule has 0 aromatic heterocycles. The highest BCUT2D eigenvalue weighted by Crippen LogP contribution is 2.29. The quantitative estimate of drug-likeness (QED) is 0.864. The molecule has 0 saturated carbocycles. The Hall–Kier alpha value is -1.14. The molecule has 4 nitrogen and oxygen atoms in total. The van der Waals surface area contributed by atoms with E-state index >= 15 is 0 Å². The summed E-state index contributed by atoms with van der Waals surface area (Å²) >= 11 is 0. The van der Waals surface area contributed by atoms with Crippen LogP contribution in [-0.2, 0) is 9.05 Å². The number of hydrogen-bond donors (Lipinski definition) is 1. The van der Waals surface area contributed by atoms with Crippen molar-refractivity contribution < 1.29 is 22.7 Å². The zero-order chi connectivity index (χ0) is 13.4. The van der Waals surface area contributed by atoms with E-state index in [1.807, 2.05) is 0 Å². The minimum atomic E-state index is -4.11. The summed E-state index contributed by atoms with van der Waals surface area (Å²) in [7, 11) is 1.08. The molecule has 1 aromatic carbocycles. The molecule has 0 amide bonds. The topological polar surface area (TPSA) is 71.4 Å². The zero-order valence-corrected chi connectivity index (χ0v) is 10.6. The minimum absolute atomic E-state index is 0.155. The lowest BCUT2D eigenvalue weighted by molar-refractivity contribution is 0.0691. The number of carboxylic acid groups (broad SMARTS) is 1. The second-order valence-electron chi connectivity index (χ2n) is 3.77. The van der Waals surface area contributed by atoms with Crippen molar-refractivity contribution in [1.29, 1.82) is 0 Å². The van der Waals surface area contributed by atoms with Gasteiger partial charge < -0.3 is 5.11 Å². The first-order chi connectivity index (χ1) is 7.64. The maximum atomic E-state index is 13.4. The third-order valence-electron chi connectivity index (χ3n) is 2.21. The number of rotatable bonds is 3. The van der Waals surface area contributed by atoms with Crippen molar-refractivity contribution in [2.45, 2.75) is 24.7 Å². The van der Waals surface area contributed by atoms with Crippen LogP contribution in [0.15, 0.2) is 17.0 Å². The molecule has 7 heteroatoms. The molecule has 0 aliphatic rings. The van der Waals surface area contributed by atoms with E-state index in [2.05, 4.69) is 0 Å². The highest BCUT2D eigenvalue weighted by molar-refractivity contribution is 8.13. The molecule has 0 heterocycles. The number of carbonyl (C=O) groups is 1. The number of benzene rings is 1. The number of halogens is 2. The molecule has 0 atom stereocenters. The third-order valence-corrected chi connectivity index (χ3v) is 3.59. The van der Waals surface area contributed by atoms with Gasteiger partial charge in [0.15, 0.2) is 0 Å². The van der Waals surface area contributed by atoms with E-state index in [1.54, 1.807) is 13.8 Å². The Bertz CT molecular complexity index is 566. The minimum Gasteiger partial charge on any atom is -0.478 e. The van der Waals surface area contributed by atoms with Gasteiger partial charge in [-0.25, -0.2) is 17.6 Å². The molecule has 0 aliphatic heterocycles. The van der Waals surface area contributed by atoms with Crippen LogP contribution in [0, 0.1) is 5.82 Å². The van der Waals surface area contributed by atoms with Gasteiger partial charge in [0.2, 0.25) is 0 Å². The fourth-order valence-electron chi connectivity index (χ4n) is 1.40. The standard InChI is InChI=1S/C10H10ClFO4S/c1-5(2)6-3-8(12)7(10(13)14)4-9(6)17(11,15)16/h3-5H,1-2H3,(H,13,14). The smallest absolute Gasteiger partial charge is 0.338 e. The monoisotopic (exact) mass is 280 g/mol. The molecule has 17 heavy (non-hydrogen) atoms. The first-order valence-corrected chi connectivity index (χ1v) is 6.97. The van der Waals surface area contributed by atoms with E-state index in [4.69, 9.17) is 15.8 Å². The molecule has 0 unspecified atom stereocenters. The van der Waals surface area contributed by atoms with Crippen LogP contribution in [0.5, 0.6) is 0 Å². The van der Waals surface area contributed by atoms with Gasteiger partial charge in [0, 0.05) is 10.7 Å². The summed E-state index contributed by atoms with van der Waals surface area (Å²) in [4.78, 5) is 10.3. The number of hydrogen-bond acceptors (Lipinski definition) is 3. The maximum absolute atomic E-state index is 13.4. The van der Waals surface area contributed by atoms with Gasteiger partial charge >= 0.3 is 5.97 Å². The van der Waals surface area contributed by atoms with Crippen LogP contribution in [0.25, 0.3) is 0 Å². The van der Waals surface area contributed by atoms with Crippen LogP contribution in [0.1, 0.15) is 35.7 Å². The van der Waals surface area contributed by atoms with Gasteiger partial charge in [-0.05, 0) is 23.6 Å². The zero-order valence-electron chi connectivity index (χ0n) is 9.07. The van der Waals surface area contributed by atoms with Gasteiger partial charge in [-0.2, -0.15) is 0 Å². The Labute approximate surface area is 102 Å². The SMILES string of the molecule is CC(C)c1cc(F)c(C(=O)O)cc1S(=O)(=O)Cl. The molecule has 94 valence electrons. The van der Waals surface area contributed by atoms with Crippen molar-refractivity contribution >= 4 is 25.7 Å². The molecule has 1 rings (SSSR count). The lowest BCUT2D eigenvalue weighted by Crippen LogP contribution is -2.07. The molecule has 0 fully saturated rings. The predicted molar refractivity (Wildman–Crippen MR) is 60.5 cm³/mol. The van der Waals surface area contributed by atoms with Crippen LogP contribution in [0.2, 0.25) is 0 Å². The molecular weight excluding hydrogens is 271 g/mol. The summed E-state index contributed by atoms with van der Waals surface area (Å²) in [5.41, 5.74) is -0.559. The fourth-order valence-corrected chi connectivity index (χ4v) is 2.63. The van der Waals surface area contributed by atoms with Crippen molar-refractivity contribution in [2.24, 2.45) is 0 Å². The lowest BCUT2D eigenvalue weighted by atomic mass is 10.0. The molecule has 0 radical (unpaired) electrons. The Morgan fingerprint density at radius 1 is 1.41 bits per heavy atom. The Morgan fingerprint density at radius 2 is 1.94 bits per heavy atom. The first-order valence-electron chi connectivity index (χ1n) is 4.66. The third kappa shape index (κ3) is 2.95. The van der Waals surface area contributed by atoms with Crippen molar-refractivity contribution in [2.75, 3.05) is 0 Å². The Morgan fingerprint density at radius 3 is 2.29 bits per heavy atom. The Balaban J connectivity index is 3.66. The molecule has 0 aliphatic carbocycles. The molecular formula is C10H10ClFO4S. The van der Waals surface area contributed by atoms with Gasteiger partial charge in [-0.3, -0.25) is 0 Å². The molecule has 0 spiro atoms. The number of carboxylic acids is 1.